The van der Waals surface area contributed by atoms with E-state index in [1.165, 1.54) is 38.9 Å². The van der Waals surface area contributed by atoms with Gasteiger partial charge in [0, 0.05) is 17.7 Å². The maximum absolute atomic E-state index is 6.50. The molecule has 0 amide bonds. The molecule has 0 N–H and O–H groups in total. The van der Waals surface area contributed by atoms with Crippen LogP contribution in [0.2, 0.25) is 0 Å². The first-order chi connectivity index (χ1) is 14.7. The topological polar surface area (TPSA) is 12.5 Å². The van der Waals surface area contributed by atoms with Gasteiger partial charge < -0.3 is 9.64 Å². The summed E-state index contributed by atoms with van der Waals surface area (Å²) in [6.07, 6.45) is 0. The van der Waals surface area contributed by atoms with Crippen LogP contribution in [-0.4, -0.2) is 19.0 Å². The minimum Gasteiger partial charge on any atom is -0.457 e. The van der Waals surface area contributed by atoms with E-state index in [2.05, 4.69) is 110 Å². The molecule has 0 atom stereocenters. The second-order valence-corrected chi connectivity index (χ2v) is 8.51. The van der Waals surface area contributed by atoms with E-state index in [0.717, 1.165) is 18.0 Å². The Morgan fingerprint density at radius 3 is 1.87 bits per heavy atom. The quantitative estimate of drug-likeness (QED) is 0.349. The summed E-state index contributed by atoms with van der Waals surface area (Å²) in [5.41, 5.74) is 8.64. The van der Waals surface area contributed by atoms with Crippen molar-refractivity contribution in [1.29, 1.82) is 0 Å². The standard InChI is InChI=1S/C28H23NO/c1-29(2)18-19-15-16-25-27(17-19)30-26-14-8-7-13-24(26)28(25)22-11-5-3-9-20(22)21-10-4-6-12-23(21)28/h3-17H,18H2,1-2H3. The highest BCUT2D eigenvalue weighted by Gasteiger charge is 2.50. The summed E-state index contributed by atoms with van der Waals surface area (Å²) in [6, 6.07) is 32.9. The number of rotatable bonds is 2. The van der Waals surface area contributed by atoms with E-state index in [-0.39, 0.29) is 5.41 Å². The van der Waals surface area contributed by atoms with Crippen LogP contribution >= 0.6 is 0 Å². The van der Waals surface area contributed by atoms with Crippen LogP contribution in [0.3, 0.4) is 0 Å². The lowest BCUT2D eigenvalue weighted by molar-refractivity contribution is 0.398. The predicted molar refractivity (Wildman–Crippen MR) is 121 cm³/mol. The summed E-state index contributed by atoms with van der Waals surface area (Å²) < 4.78 is 6.50. The van der Waals surface area contributed by atoms with Crippen LogP contribution < -0.4 is 4.74 Å². The fourth-order valence-corrected chi connectivity index (χ4v) is 5.37. The molecule has 0 saturated carbocycles. The summed E-state index contributed by atoms with van der Waals surface area (Å²) in [4.78, 5) is 2.19. The van der Waals surface area contributed by atoms with Gasteiger partial charge in [0.2, 0.25) is 0 Å². The van der Waals surface area contributed by atoms with E-state index < -0.39 is 0 Å². The first kappa shape index (κ1) is 17.5. The van der Waals surface area contributed by atoms with Gasteiger partial charge in [-0.2, -0.15) is 0 Å². The Morgan fingerprint density at radius 1 is 0.633 bits per heavy atom. The third-order valence-corrected chi connectivity index (χ3v) is 6.41. The van der Waals surface area contributed by atoms with E-state index in [1.807, 2.05) is 0 Å². The monoisotopic (exact) mass is 389 g/mol. The Balaban J connectivity index is 1.73. The lowest BCUT2D eigenvalue weighted by Crippen LogP contribution is -2.32. The summed E-state index contributed by atoms with van der Waals surface area (Å²) >= 11 is 0. The number of fused-ring (bicyclic) bond motifs is 9. The molecular weight excluding hydrogens is 366 g/mol. The lowest BCUT2D eigenvalue weighted by Gasteiger charge is -2.39. The van der Waals surface area contributed by atoms with Crippen molar-refractivity contribution in [2.75, 3.05) is 14.1 Å². The zero-order valence-corrected chi connectivity index (χ0v) is 17.2. The molecule has 0 unspecified atom stereocenters. The van der Waals surface area contributed by atoms with Crippen molar-refractivity contribution >= 4 is 0 Å². The number of para-hydroxylation sites is 1. The average Bonchev–Trinajstić information content (AvgIpc) is 3.05. The minimum absolute atomic E-state index is 0.353. The first-order valence-electron chi connectivity index (χ1n) is 10.4. The molecule has 2 nitrogen and oxygen atoms in total. The van der Waals surface area contributed by atoms with Gasteiger partial charge in [0.15, 0.2) is 0 Å². The summed E-state index contributed by atoms with van der Waals surface area (Å²) in [5.74, 6) is 1.90. The van der Waals surface area contributed by atoms with Gasteiger partial charge in [0.05, 0.1) is 5.41 Å². The van der Waals surface area contributed by atoms with Crippen LogP contribution in [-0.2, 0) is 12.0 Å². The van der Waals surface area contributed by atoms with Crippen LogP contribution in [0.15, 0.2) is 91.0 Å². The smallest absolute Gasteiger partial charge is 0.132 e. The van der Waals surface area contributed by atoms with E-state index in [9.17, 15) is 0 Å². The van der Waals surface area contributed by atoms with E-state index >= 15 is 0 Å². The Kier molecular flexibility index (Phi) is 3.68. The molecule has 2 aliphatic rings. The van der Waals surface area contributed by atoms with Crippen molar-refractivity contribution in [3.63, 3.8) is 0 Å². The molecule has 1 heterocycles. The van der Waals surface area contributed by atoms with Crippen molar-refractivity contribution in [3.8, 4) is 22.6 Å². The highest BCUT2D eigenvalue weighted by molar-refractivity contribution is 5.88. The molecule has 1 aliphatic carbocycles. The normalized spacial score (nSPS) is 14.6. The van der Waals surface area contributed by atoms with E-state index in [1.54, 1.807) is 0 Å². The molecule has 4 aromatic carbocycles. The lowest BCUT2D eigenvalue weighted by atomic mass is 9.66. The Hall–Kier alpha value is -3.36. The van der Waals surface area contributed by atoms with Crippen molar-refractivity contribution < 1.29 is 4.74 Å². The molecule has 4 aromatic rings. The largest absolute Gasteiger partial charge is 0.457 e. The summed E-state index contributed by atoms with van der Waals surface area (Å²) in [7, 11) is 4.20. The van der Waals surface area contributed by atoms with E-state index in [4.69, 9.17) is 4.74 Å². The van der Waals surface area contributed by atoms with Crippen LogP contribution in [0.5, 0.6) is 11.5 Å². The van der Waals surface area contributed by atoms with Gasteiger partial charge in [-0.3, -0.25) is 0 Å². The second-order valence-electron chi connectivity index (χ2n) is 8.51. The number of ether oxygens (including phenoxy) is 1. The second kappa shape index (κ2) is 6.32. The van der Waals surface area contributed by atoms with Crippen LogP contribution in [0.1, 0.15) is 27.8 Å². The SMILES string of the molecule is CN(C)Cc1ccc2c(c1)Oc1ccccc1C21c2ccccc2-c2ccccc21. The number of hydrogen-bond donors (Lipinski definition) is 0. The highest BCUT2D eigenvalue weighted by Crippen LogP contribution is 2.61. The molecule has 30 heavy (non-hydrogen) atoms. The van der Waals surface area contributed by atoms with Crippen molar-refractivity contribution in [1.82, 2.24) is 4.90 Å². The van der Waals surface area contributed by atoms with Crippen molar-refractivity contribution in [3.05, 3.63) is 119 Å². The molecule has 2 heteroatoms. The van der Waals surface area contributed by atoms with Crippen molar-refractivity contribution in [2.45, 2.75) is 12.0 Å². The fraction of sp³-hybridized carbons (Fsp3) is 0.143. The van der Waals surface area contributed by atoms with E-state index in [0.29, 0.717) is 0 Å². The summed E-state index contributed by atoms with van der Waals surface area (Å²) in [5, 5.41) is 0. The van der Waals surface area contributed by atoms with Crippen LogP contribution in [0.25, 0.3) is 11.1 Å². The van der Waals surface area contributed by atoms with Crippen LogP contribution in [0, 0.1) is 0 Å². The molecule has 0 aromatic heterocycles. The minimum atomic E-state index is -0.353. The zero-order valence-electron chi connectivity index (χ0n) is 17.2. The van der Waals surface area contributed by atoms with Crippen LogP contribution in [0.4, 0.5) is 0 Å². The molecule has 0 radical (unpaired) electrons. The fourth-order valence-electron chi connectivity index (χ4n) is 5.37. The third-order valence-electron chi connectivity index (χ3n) is 6.41. The number of benzene rings is 4. The number of nitrogens with zero attached hydrogens (tertiary/aromatic N) is 1. The molecular formula is C28H23NO. The van der Waals surface area contributed by atoms with Gasteiger partial charge in [-0.25, -0.2) is 0 Å². The zero-order chi connectivity index (χ0) is 20.3. The Labute approximate surface area is 177 Å². The van der Waals surface area contributed by atoms with Crippen molar-refractivity contribution in [2.24, 2.45) is 0 Å². The third kappa shape index (κ3) is 2.23. The maximum atomic E-state index is 6.50. The van der Waals surface area contributed by atoms with Gasteiger partial charge in [-0.15, -0.1) is 0 Å². The van der Waals surface area contributed by atoms with Gasteiger partial charge >= 0.3 is 0 Å². The van der Waals surface area contributed by atoms with Gasteiger partial charge in [-0.1, -0.05) is 78.9 Å². The molecule has 0 saturated heterocycles. The molecule has 146 valence electrons. The maximum Gasteiger partial charge on any atom is 0.132 e. The molecule has 6 rings (SSSR count). The molecule has 0 bridgehead atoms. The molecule has 0 fully saturated rings. The van der Waals surface area contributed by atoms with Gasteiger partial charge in [0.1, 0.15) is 11.5 Å². The Bertz CT molecular complexity index is 1240. The average molecular weight is 389 g/mol. The molecule has 1 spiro atoms. The predicted octanol–water partition coefficient (Wildman–Crippen LogP) is 6.22. The number of hydrogen-bond acceptors (Lipinski definition) is 2. The highest BCUT2D eigenvalue weighted by atomic mass is 16.5. The first-order valence-corrected chi connectivity index (χ1v) is 10.4. The van der Waals surface area contributed by atoms with Gasteiger partial charge in [0.25, 0.3) is 0 Å². The summed E-state index contributed by atoms with van der Waals surface area (Å²) in [6.45, 7) is 0.887. The van der Waals surface area contributed by atoms with Gasteiger partial charge in [-0.05, 0) is 54.0 Å². The Morgan fingerprint density at radius 2 is 1.20 bits per heavy atom. The molecule has 1 aliphatic heterocycles.